The SMILES string of the molecule is CCCc1nc(NCC)cc(N2CCC(C)(C)C2)n1. The number of aryl methyl sites for hydroxylation is 1. The highest BCUT2D eigenvalue weighted by molar-refractivity contribution is 5.50. The van der Waals surface area contributed by atoms with Crippen LogP contribution in [0.25, 0.3) is 0 Å². The highest BCUT2D eigenvalue weighted by Crippen LogP contribution is 2.32. The highest BCUT2D eigenvalue weighted by Gasteiger charge is 2.30. The van der Waals surface area contributed by atoms with Crippen molar-refractivity contribution in [2.24, 2.45) is 5.41 Å². The summed E-state index contributed by atoms with van der Waals surface area (Å²) in [5, 5.41) is 3.31. The van der Waals surface area contributed by atoms with Gasteiger partial charge in [0.2, 0.25) is 0 Å². The fourth-order valence-electron chi connectivity index (χ4n) is 2.56. The first-order valence-corrected chi connectivity index (χ1v) is 7.41. The summed E-state index contributed by atoms with van der Waals surface area (Å²) in [4.78, 5) is 11.7. The molecule has 106 valence electrons. The Bertz CT molecular complexity index is 404. The van der Waals surface area contributed by atoms with E-state index in [1.165, 1.54) is 6.42 Å². The van der Waals surface area contributed by atoms with Crippen molar-refractivity contribution in [3.05, 3.63) is 11.9 Å². The Balaban J connectivity index is 2.23. The van der Waals surface area contributed by atoms with Gasteiger partial charge in [-0.15, -0.1) is 0 Å². The molecule has 1 N–H and O–H groups in total. The summed E-state index contributed by atoms with van der Waals surface area (Å²) in [7, 11) is 0. The molecule has 0 aliphatic carbocycles. The van der Waals surface area contributed by atoms with Crippen molar-refractivity contribution in [1.82, 2.24) is 9.97 Å². The smallest absolute Gasteiger partial charge is 0.134 e. The van der Waals surface area contributed by atoms with Crippen LogP contribution < -0.4 is 10.2 Å². The van der Waals surface area contributed by atoms with Crippen molar-refractivity contribution in [2.45, 2.75) is 47.0 Å². The molecule has 1 aliphatic rings. The van der Waals surface area contributed by atoms with Crippen molar-refractivity contribution < 1.29 is 0 Å². The van der Waals surface area contributed by atoms with Crippen LogP contribution in [-0.2, 0) is 6.42 Å². The lowest BCUT2D eigenvalue weighted by Crippen LogP contribution is -2.24. The first kappa shape index (κ1) is 14.1. The molecular formula is C15H26N4. The van der Waals surface area contributed by atoms with E-state index in [1.54, 1.807) is 0 Å². The van der Waals surface area contributed by atoms with Crippen LogP contribution in [0.15, 0.2) is 6.07 Å². The molecule has 2 heterocycles. The molecule has 0 unspecified atom stereocenters. The molecule has 0 aromatic carbocycles. The fraction of sp³-hybridized carbons (Fsp3) is 0.733. The van der Waals surface area contributed by atoms with Crippen LogP contribution in [0.5, 0.6) is 0 Å². The molecule has 1 aromatic rings. The van der Waals surface area contributed by atoms with E-state index < -0.39 is 0 Å². The number of rotatable bonds is 5. The first-order chi connectivity index (χ1) is 9.04. The van der Waals surface area contributed by atoms with Crippen LogP contribution in [0.2, 0.25) is 0 Å². The zero-order chi connectivity index (χ0) is 13.9. The lowest BCUT2D eigenvalue weighted by atomic mass is 9.93. The van der Waals surface area contributed by atoms with Crippen molar-refractivity contribution in [3.63, 3.8) is 0 Å². The largest absolute Gasteiger partial charge is 0.370 e. The molecule has 0 bridgehead atoms. The number of nitrogens with one attached hydrogen (secondary N) is 1. The second-order valence-corrected chi connectivity index (χ2v) is 6.14. The van der Waals surface area contributed by atoms with E-state index in [4.69, 9.17) is 4.98 Å². The molecule has 1 saturated heterocycles. The molecule has 4 nitrogen and oxygen atoms in total. The Morgan fingerprint density at radius 2 is 2.11 bits per heavy atom. The molecule has 0 amide bonds. The quantitative estimate of drug-likeness (QED) is 0.885. The first-order valence-electron chi connectivity index (χ1n) is 7.41. The Morgan fingerprint density at radius 1 is 1.32 bits per heavy atom. The molecule has 1 aliphatic heterocycles. The van der Waals surface area contributed by atoms with Crippen LogP contribution in [0.1, 0.15) is 46.4 Å². The minimum Gasteiger partial charge on any atom is -0.370 e. The van der Waals surface area contributed by atoms with Gasteiger partial charge in [0, 0.05) is 32.1 Å². The molecule has 2 rings (SSSR count). The van der Waals surface area contributed by atoms with Gasteiger partial charge in [-0.25, -0.2) is 9.97 Å². The molecule has 19 heavy (non-hydrogen) atoms. The third kappa shape index (κ3) is 3.58. The fourth-order valence-corrected chi connectivity index (χ4v) is 2.56. The summed E-state index contributed by atoms with van der Waals surface area (Å²) in [6, 6.07) is 2.09. The lowest BCUT2D eigenvalue weighted by molar-refractivity contribution is 0.418. The standard InChI is InChI=1S/C15H26N4/c1-5-7-12-17-13(16-6-2)10-14(18-12)19-9-8-15(3,4)11-19/h10H,5-9,11H2,1-4H3,(H,16,17,18). The number of hydrogen-bond acceptors (Lipinski definition) is 4. The Morgan fingerprint density at radius 3 is 2.68 bits per heavy atom. The van der Waals surface area contributed by atoms with Gasteiger partial charge in [-0.05, 0) is 25.2 Å². The summed E-state index contributed by atoms with van der Waals surface area (Å²) in [5.74, 6) is 3.00. The zero-order valence-corrected chi connectivity index (χ0v) is 12.7. The Kier molecular flexibility index (Phi) is 4.27. The van der Waals surface area contributed by atoms with Crippen LogP contribution in [-0.4, -0.2) is 29.6 Å². The van der Waals surface area contributed by atoms with E-state index in [-0.39, 0.29) is 0 Å². The third-order valence-electron chi connectivity index (χ3n) is 3.59. The molecular weight excluding hydrogens is 236 g/mol. The van der Waals surface area contributed by atoms with Crippen LogP contribution in [0.4, 0.5) is 11.6 Å². The van der Waals surface area contributed by atoms with E-state index in [1.807, 2.05) is 0 Å². The number of hydrogen-bond donors (Lipinski definition) is 1. The predicted octanol–water partition coefficient (Wildman–Crippen LogP) is 3.10. The second kappa shape index (κ2) is 5.76. The van der Waals surface area contributed by atoms with Gasteiger partial charge in [0.05, 0.1) is 0 Å². The van der Waals surface area contributed by atoms with Gasteiger partial charge < -0.3 is 10.2 Å². The van der Waals surface area contributed by atoms with Gasteiger partial charge in [-0.3, -0.25) is 0 Å². The van der Waals surface area contributed by atoms with E-state index in [2.05, 4.69) is 49.0 Å². The number of aromatic nitrogens is 2. The molecule has 1 aromatic heterocycles. The van der Waals surface area contributed by atoms with E-state index in [0.29, 0.717) is 5.41 Å². The average molecular weight is 262 g/mol. The van der Waals surface area contributed by atoms with Crippen molar-refractivity contribution in [1.29, 1.82) is 0 Å². The Hall–Kier alpha value is -1.32. The molecule has 0 spiro atoms. The molecule has 1 fully saturated rings. The van der Waals surface area contributed by atoms with Gasteiger partial charge in [0.25, 0.3) is 0 Å². The maximum Gasteiger partial charge on any atom is 0.134 e. The maximum absolute atomic E-state index is 4.73. The average Bonchev–Trinajstić information content (AvgIpc) is 2.70. The Labute approximate surface area is 116 Å². The summed E-state index contributed by atoms with van der Waals surface area (Å²) in [5.41, 5.74) is 0.397. The molecule has 4 heteroatoms. The topological polar surface area (TPSA) is 41.1 Å². The second-order valence-electron chi connectivity index (χ2n) is 6.14. The van der Waals surface area contributed by atoms with Gasteiger partial charge in [0.1, 0.15) is 17.5 Å². The molecule has 0 atom stereocenters. The van der Waals surface area contributed by atoms with Gasteiger partial charge in [-0.1, -0.05) is 20.8 Å². The summed E-state index contributed by atoms with van der Waals surface area (Å²) >= 11 is 0. The highest BCUT2D eigenvalue weighted by atomic mass is 15.2. The zero-order valence-electron chi connectivity index (χ0n) is 12.7. The molecule has 0 radical (unpaired) electrons. The van der Waals surface area contributed by atoms with E-state index >= 15 is 0 Å². The van der Waals surface area contributed by atoms with E-state index in [9.17, 15) is 0 Å². The van der Waals surface area contributed by atoms with E-state index in [0.717, 1.165) is 49.9 Å². The van der Waals surface area contributed by atoms with Crippen LogP contribution in [0.3, 0.4) is 0 Å². The number of nitrogens with zero attached hydrogens (tertiary/aromatic N) is 3. The van der Waals surface area contributed by atoms with Crippen molar-refractivity contribution in [2.75, 3.05) is 29.9 Å². The van der Waals surface area contributed by atoms with Gasteiger partial charge in [-0.2, -0.15) is 0 Å². The van der Waals surface area contributed by atoms with Gasteiger partial charge in [0.15, 0.2) is 0 Å². The minimum atomic E-state index is 0.397. The van der Waals surface area contributed by atoms with Crippen LogP contribution in [0, 0.1) is 5.41 Å². The van der Waals surface area contributed by atoms with Crippen molar-refractivity contribution in [3.8, 4) is 0 Å². The third-order valence-corrected chi connectivity index (χ3v) is 3.59. The molecule has 0 saturated carbocycles. The minimum absolute atomic E-state index is 0.397. The van der Waals surface area contributed by atoms with Crippen molar-refractivity contribution >= 4 is 11.6 Å². The summed E-state index contributed by atoms with van der Waals surface area (Å²) < 4.78 is 0. The number of anilines is 2. The summed E-state index contributed by atoms with van der Waals surface area (Å²) in [6.45, 7) is 12.0. The van der Waals surface area contributed by atoms with Crippen LogP contribution >= 0.6 is 0 Å². The lowest BCUT2D eigenvalue weighted by Gasteiger charge is -2.21. The normalized spacial score (nSPS) is 17.8. The summed E-state index contributed by atoms with van der Waals surface area (Å²) in [6.07, 6.45) is 3.26. The van der Waals surface area contributed by atoms with Gasteiger partial charge >= 0.3 is 0 Å². The monoisotopic (exact) mass is 262 g/mol. The maximum atomic E-state index is 4.73. The predicted molar refractivity (Wildman–Crippen MR) is 80.8 cm³/mol.